The van der Waals surface area contributed by atoms with Crippen LogP contribution in [-0.2, 0) is 10.8 Å². The highest BCUT2D eigenvalue weighted by Gasteiger charge is 2.19. The maximum atomic E-state index is 11.0. The molecule has 100 valence electrons. The van der Waals surface area contributed by atoms with Gasteiger partial charge in [-0.25, -0.2) is 0 Å². The third-order valence-corrected chi connectivity index (χ3v) is 4.66. The molecule has 17 heavy (non-hydrogen) atoms. The Morgan fingerprint density at radius 2 is 2.24 bits per heavy atom. The summed E-state index contributed by atoms with van der Waals surface area (Å²) in [7, 11) is -0.694. The number of hydrogen-bond donors (Lipinski definition) is 1. The third-order valence-electron chi connectivity index (χ3n) is 2.91. The van der Waals surface area contributed by atoms with Crippen LogP contribution in [0.15, 0.2) is 4.99 Å². The van der Waals surface area contributed by atoms with Gasteiger partial charge in [0.05, 0.1) is 6.04 Å². The minimum Gasteiger partial charge on any atom is -0.362 e. The first-order chi connectivity index (χ1) is 7.99. The van der Waals surface area contributed by atoms with Crippen molar-refractivity contribution in [2.45, 2.75) is 45.7 Å². The van der Waals surface area contributed by atoms with Crippen LogP contribution < -0.4 is 5.32 Å². The number of thioether (sulfide) groups is 1. The first-order valence-electron chi connectivity index (χ1n) is 6.26. The molecule has 5 heteroatoms. The lowest BCUT2D eigenvalue weighted by atomic mass is 10.0. The molecule has 3 unspecified atom stereocenters. The van der Waals surface area contributed by atoms with Crippen molar-refractivity contribution in [3.8, 4) is 0 Å². The summed E-state index contributed by atoms with van der Waals surface area (Å²) in [5.41, 5.74) is 0. The van der Waals surface area contributed by atoms with E-state index < -0.39 is 10.8 Å². The van der Waals surface area contributed by atoms with Crippen LogP contribution in [0.5, 0.6) is 0 Å². The van der Waals surface area contributed by atoms with Crippen LogP contribution in [0.1, 0.15) is 33.6 Å². The zero-order valence-electron chi connectivity index (χ0n) is 11.2. The van der Waals surface area contributed by atoms with Gasteiger partial charge in [0.15, 0.2) is 5.17 Å². The molecule has 1 rings (SSSR count). The van der Waals surface area contributed by atoms with Gasteiger partial charge in [-0.15, -0.1) is 0 Å². The predicted octanol–water partition coefficient (Wildman–Crippen LogP) is 2.25. The molecule has 0 fully saturated rings. The van der Waals surface area contributed by atoms with Gasteiger partial charge in [0, 0.05) is 34.6 Å². The molecule has 3 atom stereocenters. The average molecular weight is 276 g/mol. The van der Waals surface area contributed by atoms with Gasteiger partial charge in [-0.3, -0.25) is 9.20 Å². The number of nitrogens with one attached hydrogen (secondary N) is 1. The van der Waals surface area contributed by atoms with Gasteiger partial charge in [-0.05, 0) is 25.7 Å². The predicted molar refractivity (Wildman–Crippen MR) is 79.3 cm³/mol. The molecular weight excluding hydrogens is 252 g/mol. The summed E-state index contributed by atoms with van der Waals surface area (Å²) in [5, 5.41) is 4.51. The Morgan fingerprint density at radius 1 is 1.53 bits per heavy atom. The van der Waals surface area contributed by atoms with Crippen LogP contribution >= 0.6 is 11.8 Å². The van der Waals surface area contributed by atoms with E-state index in [9.17, 15) is 4.21 Å². The Morgan fingerprint density at radius 3 is 2.82 bits per heavy atom. The first kappa shape index (κ1) is 15.0. The number of rotatable bonds is 5. The third kappa shape index (κ3) is 5.91. The maximum Gasteiger partial charge on any atom is 0.157 e. The molecule has 0 aromatic rings. The van der Waals surface area contributed by atoms with E-state index in [2.05, 4.69) is 26.1 Å². The molecule has 0 saturated carbocycles. The summed E-state index contributed by atoms with van der Waals surface area (Å²) < 4.78 is 11.0. The van der Waals surface area contributed by atoms with Gasteiger partial charge >= 0.3 is 0 Å². The fourth-order valence-electron chi connectivity index (χ4n) is 1.72. The molecule has 0 bridgehead atoms. The Balaban J connectivity index is 2.41. The summed E-state index contributed by atoms with van der Waals surface area (Å²) in [4.78, 5) is 4.74. The van der Waals surface area contributed by atoms with Crippen molar-refractivity contribution in [3.63, 3.8) is 0 Å². The van der Waals surface area contributed by atoms with Gasteiger partial charge < -0.3 is 5.32 Å². The van der Waals surface area contributed by atoms with E-state index in [-0.39, 0.29) is 0 Å². The fourth-order valence-corrected chi connectivity index (χ4v) is 3.45. The van der Waals surface area contributed by atoms with Crippen LogP contribution in [0, 0.1) is 5.92 Å². The topological polar surface area (TPSA) is 41.5 Å². The SMILES string of the molecule is CC(CCS(C)=O)NC1=NC(C(C)C)CCS1. The van der Waals surface area contributed by atoms with Crippen molar-refractivity contribution < 1.29 is 4.21 Å². The van der Waals surface area contributed by atoms with Crippen molar-refractivity contribution in [2.24, 2.45) is 10.9 Å². The molecule has 1 aliphatic rings. The van der Waals surface area contributed by atoms with Gasteiger partial charge in [0.1, 0.15) is 0 Å². The zero-order valence-corrected chi connectivity index (χ0v) is 12.9. The lowest BCUT2D eigenvalue weighted by Gasteiger charge is -2.25. The summed E-state index contributed by atoms with van der Waals surface area (Å²) in [6, 6.07) is 0.822. The molecule has 0 saturated heterocycles. The van der Waals surface area contributed by atoms with E-state index in [4.69, 9.17) is 4.99 Å². The second kappa shape index (κ2) is 7.41. The Bertz CT molecular complexity index is 292. The Hall–Kier alpha value is -0.0300. The number of aliphatic imine (C=N–C) groups is 1. The van der Waals surface area contributed by atoms with Crippen LogP contribution in [0.3, 0.4) is 0 Å². The average Bonchev–Trinajstić information content (AvgIpc) is 2.26. The van der Waals surface area contributed by atoms with Gasteiger partial charge in [-0.1, -0.05) is 25.6 Å². The lowest BCUT2D eigenvalue weighted by molar-refractivity contribution is 0.481. The molecule has 0 aliphatic carbocycles. The van der Waals surface area contributed by atoms with Crippen molar-refractivity contribution in [3.05, 3.63) is 0 Å². The van der Waals surface area contributed by atoms with Crippen LogP contribution in [0.2, 0.25) is 0 Å². The standard InChI is InChI=1S/C12H24N2OS2/c1-9(2)11-5-7-16-12(14-11)13-10(3)6-8-17(4)15/h9-11H,5-8H2,1-4H3,(H,13,14). The van der Waals surface area contributed by atoms with E-state index in [1.54, 1.807) is 6.26 Å². The minimum absolute atomic E-state index is 0.357. The smallest absolute Gasteiger partial charge is 0.157 e. The van der Waals surface area contributed by atoms with Crippen LogP contribution in [0.25, 0.3) is 0 Å². The molecule has 1 N–H and O–H groups in total. The van der Waals surface area contributed by atoms with E-state index in [0.717, 1.165) is 23.1 Å². The first-order valence-corrected chi connectivity index (χ1v) is 8.97. The molecule has 0 radical (unpaired) electrons. The Labute approximate surface area is 112 Å². The van der Waals surface area contributed by atoms with E-state index in [1.165, 1.54) is 6.42 Å². The monoisotopic (exact) mass is 276 g/mol. The molecular formula is C12H24N2OS2. The molecule has 0 spiro atoms. The second-order valence-electron chi connectivity index (χ2n) is 4.99. The van der Waals surface area contributed by atoms with Crippen molar-refractivity contribution >= 4 is 27.7 Å². The fraction of sp³-hybridized carbons (Fsp3) is 0.917. The molecule has 3 nitrogen and oxygen atoms in total. The van der Waals surface area contributed by atoms with Crippen molar-refractivity contribution in [1.29, 1.82) is 0 Å². The van der Waals surface area contributed by atoms with Gasteiger partial charge in [0.2, 0.25) is 0 Å². The number of amidine groups is 1. The molecule has 1 aliphatic heterocycles. The molecule has 0 aromatic carbocycles. The highest BCUT2D eigenvalue weighted by molar-refractivity contribution is 8.13. The number of nitrogens with zero attached hydrogens (tertiary/aromatic N) is 1. The highest BCUT2D eigenvalue weighted by Crippen LogP contribution is 2.21. The normalized spacial score (nSPS) is 24.3. The van der Waals surface area contributed by atoms with E-state index >= 15 is 0 Å². The van der Waals surface area contributed by atoms with E-state index in [0.29, 0.717) is 18.0 Å². The largest absolute Gasteiger partial charge is 0.362 e. The highest BCUT2D eigenvalue weighted by atomic mass is 32.2. The van der Waals surface area contributed by atoms with E-state index in [1.807, 2.05) is 11.8 Å². The maximum absolute atomic E-state index is 11.0. The van der Waals surface area contributed by atoms with Crippen LogP contribution in [0.4, 0.5) is 0 Å². The van der Waals surface area contributed by atoms with Crippen LogP contribution in [-0.4, -0.2) is 39.2 Å². The summed E-state index contributed by atoms with van der Waals surface area (Å²) in [6.07, 6.45) is 3.88. The summed E-state index contributed by atoms with van der Waals surface area (Å²) >= 11 is 1.81. The molecule has 1 heterocycles. The zero-order chi connectivity index (χ0) is 12.8. The van der Waals surface area contributed by atoms with Gasteiger partial charge in [-0.2, -0.15) is 0 Å². The quantitative estimate of drug-likeness (QED) is 0.837. The summed E-state index contributed by atoms with van der Waals surface area (Å²) in [5.74, 6) is 2.53. The lowest BCUT2D eigenvalue weighted by Crippen LogP contribution is -2.35. The number of hydrogen-bond acceptors (Lipinski definition) is 4. The van der Waals surface area contributed by atoms with Crippen molar-refractivity contribution in [2.75, 3.05) is 17.8 Å². The Kier molecular flexibility index (Phi) is 6.55. The van der Waals surface area contributed by atoms with Crippen molar-refractivity contribution in [1.82, 2.24) is 5.32 Å². The second-order valence-corrected chi connectivity index (χ2v) is 7.63. The molecule has 0 amide bonds. The van der Waals surface area contributed by atoms with Gasteiger partial charge in [0.25, 0.3) is 0 Å². The summed E-state index contributed by atoms with van der Waals surface area (Å²) in [6.45, 7) is 6.59. The molecule has 0 aromatic heterocycles. The minimum atomic E-state index is -0.694.